The summed E-state index contributed by atoms with van der Waals surface area (Å²) in [5.41, 5.74) is 3.36. The number of anilines is 1. The Kier molecular flexibility index (Phi) is 5.53. The van der Waals surface area contributed by atoms with Crippen LogP contribution in [0.5, 0.6) is 0 Å². The lowest BCUT2D eigenvalue weighted by molar-refractivity contribution is -0.139. The number of para-hydroxylation sites is 1. The predicted molar refractivity (Wildman–Crippen MR) is 112 cm³/mol. The van der Waals surface area contributed by atoms with E-state index in [4.69, 9.17) is 5.11 Å². The van der Waals surface area contributed by atoms with Crippen molar-refractivity contribution >= 4 is 17.7 Å². The number of benzene rings is 2. The first kappa shape index (κ1) is 19.5. The topological polar surface area (TPSA) is 72.9 Å². The molecule has 0 aromatic heterocycles. The van der Waals surface area contributed by atoms with Crippen molar-refractivity contribution in [3.63, 3.8) is 0 Å². The number of carbonyl (C=O) groups is 2. The Labute approximate surface area is 171 Å². The normalized spacial score (nSPS) is 22.8. The number of carbonyl (C=O) groups excluding carboxylic acids is 1. The maximum Gasteiger partial charge on any atom is 0.322 e. The molecule has 2 aromatic rings. The van der Waals surface area contributed by atoms with Crippen LogP contribution in [0.4, 0.5) is 10.5 Å². The summed E-state index contributed by atoms with van der Waals surface area (Å²) in [4.78, 5) is 27.8. The first-order chi connectivity index (χ1) is 14.1. The second kappa shape index (κ2) is 8.25. The second-order valence-electron chi connectivity index (χ2n) is 7.86. The summed E-state index contributed by atoms with van der Waals surface area (Å²) >= 11 is 0. The lowest BCUT2D eigenvalue weighted by Crippen LogP contribution is -2.56. The largest absolute Gasteiger partial charge is 0.480 e. The van der Waals surface area contributed by atoms with E-state index in [1.54, 1.807) is 0 Å². The van der Waals surface area contributed by atoms with Crippen LogP contribution in [-0.2, 0) is 4.79 Å². The van der Waals surface area contributed by atoms with E-state index in [0.717, 1.165) is 18.5 Å². The summed E-state index contributed by atoms with van der Waals surface area (Å²) in [5, 5.41) is 12.2. The van der Waals surface area contributed by atoms with Crippen LogP contribution >= 0.6 is 0 Å². The van der Waals surface area contributed by atoms with Crippen LogP contribution in [0.25, 0.3) is 0 Å². The number of nitrogens with zero attached hydrogens (tertiary/aromatic N) is 2. The molecule has 0 saturated heterocycles. The molecule has 1 atom stereocenters. The Balaban J connectivity index is 1.41. The van der Waals surface area contributed by atoms with Gasteiger partial charge in [0.1, 0.15) is 0 Å². The van der Waals surface area contributed by atoms with Crippen molar-refractivity contribution < 1.29 is 14.7 Å². The Morgan fingerprint density at radius 2 is 1.79 bits per heavy atom. The van der Waals surface area contributed by atoms with E-state index in [9.17, 15) is 9.59 Å². The molecule has 6 nitrogen and oxygen atoms in total. The molecule has 1 heterocycles. The van der Waals surface area contributed by atoms with Crippen molar-refractivity contribution in [3.05, 3.63) is 65.7 Å². The van der Waals surface area contributed by atoms with E-state index in [1.807, 2.05) is 53.1 Å². The molecule has 2 amide bonds. The second-order valence-corrected chi connectivity index (χ2v) is 7.86. The molecule has 0 radical (unpaired) electrons. The number of fused-ring (bicyclic) bond motifs is 1. The molecule has 0 spiro atoms. The van der Waals surface area contributed by atoms with Gasteiger partial charge in [-0.05, 0) is 36.6 Å². The molecule has 2 aliphatic rings. The Morgan fingerprint density at radius 1 is 1.10 bits per heavy atom. The highest BCUT2D eigenvalue weighted by Gasteiger charge is 2.38. The van der Waals surface area contributed by atoms with Crippen LogP contribution in [-0.4, -0.2) is 53.7 Å². The van der Waals surface area contributed by atoms with E-state index < -0.39 is 5.97 Å². The van der Waals surface area contributed by atoms with Gasteiger partial charge in [-0.3, -0.25) is 14.6 Å². The molecule has 1 unspecified atom stereocenters. The third kappa shape index (κ3) is 3.98. The van der Waals surface area contributed by atoms with Crippen molar-refractivity contribution in [1.82, 2.24) is 10.2 Å². The number of urea groups is 1. The zero-order valence-corrected chi connectivity index (χ0v) is 16.6. The van der Waals surface area contributed by atoms with Crippen LogP contribution in [0.15, 0.2) is 54.6 Å². The number of carboxylic acid groups (broad SMARTS) is 1. The van der Waals surface area contributed by atoms with Crippen LogP contribution in [0.1, 0.15) is 36.8 Å². The number of likely N-dealkylation sites (N-methyl/N-ethyl adjacent to an activating group) is 1. The fourth-order valence-electron chi connectivity index (χ4n) is 4.50. The molecule has 6 heteroatoms. The van der Waals surface area contributed by atoms with Gasteiger partial charge in [-0.15, -0.1) is 0 Å². The Bertz CT molecular complexity index is 880. The summed E-state index contributed by atoms with van der Waals surface area (Å²) in [6, 6.07) is 18.7. The number of carboxylic acids is 1. The fraction of sp³-hybridized carbons (Fsp3) is 0.391. The van der Waals surface area contributed by atoms with Gasteiger partial charge >= 0.3 is 12.0 Å². The number of hydrogen-bond donors (Lipinski definition) is 2. The molecule has 1 fully saturated rings. The molecule has 2 aromatic carbocycles. The van der Waals surface area contributed by atoms with E-state index >= 15 is 0 Å². The van der Waals surface area contributed by atoms with Gasteiger partial charge < -0.3 is 10.4 Å². The van der Waals surface area contributed by atoms with Crippen molar-refractivity contribution in [3.8, 4) is 0 Å². The molecular formula is C23H27N3O3. The van der Waals surface area contributed by atoms with E-state index in [2.05, 4.69) is 23.5 Å². The Morgan fingerprint density at radius 3 is 2.48 bits per heavy atom. The van der Waals surface area contributed by atoms with Crippen molar-refractivity contribution in [1.29, 1.82) is 0 Å². The molecule has 2 N–H and O–H groups in total. The van der Waals surface area contributed by atoms with Gasteiger partial charge in [0.25, 0.3) is 0 Å². The molecule has 1 aliphatic heterocycles. The average Bonchev–Trinajstić information content (AvgIpc) is 3.09. The third-order valence-corrected chi connectivity index (χ3v) is 6.12. The maximum atomic E-state index is 13.0. The quantitative estimate of drug-likeness (QED) is 0.790. The fourth-order valence-corrected chi connectivity index (χ4v) is 4.50. The summed E-state index contributed by atoms with van der Waals surface area (Å²) in [5.74, 6) is -0.626. The molecule has 0 bridgehead atoms. The van der Waals surface area contributed by atoms with E-state index in [0.29, 0.717) is 13.1 Å². The van der Waals surface area contributed by atoms with Crippen molar-refractivity contribution in [2.75, 3.05) is 24.5 Å². The monoisotopic (exact) mass is 393 g/mol. The highest BCUT2D eigenvalue weighted by Crippen LogP contribution is 2.40. The average molecular weight is 393 g/mol. The summed E-state index contributed by atoms with van der Waals surface area (Å²) in [6.45, 7) is 3.36. The third-order valence-electron chi connectivity index (χ3n) is 6.12. The molecule has 1 saturated carbocycles. The minimum atomic E-state index is -0.806. The smallest absolute Gasteiger partial charge is 0.322 e. The Hall–Kier alpha value is -2.86. The SMILES string of the molecule is CCN(CC(=O)O)C1CC(NC(=O)N2CC(c3ccccc3)c3ccccc32)C1. The predicted octanol–water partition coefficient (Wildman–Crippen LogP) is 3.29. The first-order valence-corrected chi connectivity index (χ1v) is 10.2. The highest BCUT2D eigenvalue weighted by atomic mass is 16.4. The van der Waals surface area contributed by atoms with Crippen LogP contribution in [0, 0.1) is 0 Å². The van der Waals surface area contributed by atoms with Crippen LogP contribution in [0.2, 0.25) is 0 Å². The van der Waals surface area contributed by atoms with Crippen molar-refractivity contribution in [2.24, 2.45) is 0 Å². The number of rotatable bonds is 6. The summed E-state index contributed by atoms with van der Waals surface area (Å²) < 4.78 is 0. The maximum absolute atomic E-state index is 13.0. The highest BCUT2D eigenvalue weighted by molar-refractivity contribution is 5.95. The number of hydrogen-bond acceptors (Lipinski definition) is 3. The molecule has 152 valence electrons. The van der Waals surface area contributed by atoms with Gasteiger partial charge in [0.05, 0.1) is 6.54 Å². The van der Waals surface area contributed by atoms with E-state index in [-0.39, 0.29) is 30.6 Å². The minimum Gasteiger partial charge on any atom is -0.480 e. The van der Waals surface area contributed by atoms with E-state index in [1.165, 1.54) is 11.1 Å². The zero-order valence-electron chi connectivity index (χ0n) is 16.6. The number of aliphatic carboxylic acids is 1. The molecule has 4 rings (SSSR count). The standard InChI is InChI=1S/C23H27N3O3/c1-2-25(15-22(27)28)18-12-17(13-18)24-23(29)26-14-20(16-8-4-3-5-9-16)19-10-6-7-11-21(19)26/h3-11,17-18,20H,2,12-15H2,1H3,(H,24,29)(H,27,28). The summed E-state index contributed by atoms with van der Waals surface area (Å²) in [7, 11) is 0. The van der Waals surface area contributed by atoms with Gasteiger partial charge in [0.2, 0.25) is 0 Å². The minimum absolute atomic E-state index is 0.0556. The lowest BCUT2D eigenvalue weighted by Gasteiger charge is -2.42. The molecule has 1 aliphatic carbocycles. The zero-order chi connectivity index (χ0) is 20.4. The van der Waals surface area contributed by atoms with Crippen LogP contribution < -0.4 is 10.2 Å². The van der Waals surface area contributed by atoms with Gasteiger partial charge in [0.15, 0.2) is 0 Å². The van der Waals surface area contributed by atoms with Crippen molar-refractivity contribution in [2.45, 2.75) is 37.8 Å². The molecular weight excluding hydrogens is 366 g/mol. The summed E-state index contributed by atoms with van der Waals surface area (Å²) in [6.07, 6.45) is 1.59. The van der Waals surface area contributed by atoms with Crippen LogP contribution in [0.3, 0.4) is 0 Å². The van der Waals surface area contributed by atoms with Gasteiger partial charge in [-0.25, -0.2) is 4.79 Å². The number of amides is 2. The van der Waals surface area contributed by atoms with Gasteiger partial charge in [0, 0.05) is 30.2 Å². The molecule has 29 heavy (non-hydrogen) atoms. The van der Waals surface area contributed by atoms with Gasteiger partial charge in [-0.2, -0.15) is 0 Å². The lowest BCUT2D eigenvalue weighted by atomic mass is 9.85. The number of nitrogens with one attached hydrogen (secondary N) is 1. The first-order valence-electron chi connectivity index (χ1n) is 10.2. The van der Waals surface area contributed by atoms with Gasteiger partial charge in [-0.1, -0.05) is 55.5 Å².